The van der Waals surface area contributed by atoms with Gasteiger partial charge in [-0.25, -0.2) is 0 Å². The van der Waals surface area contributed by atoms with Gasteiger partial charge < -0.3 is 14.7 Å². The summed E-state index contributed by atoms with van der Waals surface area (Å²) < 4.78 is 5.62. The molecule has 0 aliphatic carbocycles. The van der Waals surface area contributed by atoms with Gasteiger partial charge in [0.1, 0.15) is 6.54 Å². The molecule has 6 heteroatoms. The van der Waals surface area contributed by atoms with E-state index < -0.39 is 5.97 Å². The lowest BCUT2D eigenvalue weighted by Crippen LogP contribution is -2.35. The van der Waals surface area contributed by atoms with Crippen LogP contribution in [0.5, 0.6) is 0 Å². The van der Waals surface area contributed by atoms with E-state index in [4.69, 9.17) is 21.4 Å². The van der Waals surface area contributed by atoms with E-state index in [9.17, 15) is 9.59 Å². The highest BCUT2D eigenvalue weighted by molar-refractivity contribution is 6.30. The van der Waals surface area contributed by atoms with Gasteiger partial charge in [-0.1, -0.05) is 23.7 Å². The minimum atomic E-state index is -1.01. The highest BCUT2D eigenvalue weighted by atomic mass is 35.5. The summed E-state index contributed by atoms with van der Waals surface area (Å²) in [5.74, 6) is -1.17. The first kappa shape index (κ1) is 17.8. The monoisotopic (exact) mass is 339 g/mol. The molecule has 1 aliphatic heterocycles. The fourth-order valence-electron chi connectivity index (χ4n) is 2.68. The summed E-state index contributed by atoms with van der Waals surface area (Å²) in [5.41, 5.74) is 0.859. The van der Waals surface area contributed by atoms with Crippen molar-refractivity contribution in [3.63, 3.8) is 0 Å². The van der Waals surface area contributed by atoms with Gasteiger partial charge in [-0.05, 0) is 43.4 Å². The van der Waals surface area contributed by atoms with Gasteiger partial charge in [0, 0.05) is 24.6 Å². The Labute approximate surface area is 141 Å². The lowest BCUT2D eigenvalue weighted by atomic mass is 10.0. The molecule has 1 unspecified atom stereocenters. The summed E-state index contributed by atoms with van der Waals surface area (Å²) in [4.78, 5) is 24.8. The van der Waals surface area contributed by atoms with Crippen LogP contribution in [-0.2, 0) is 20.9 Å². The number of amides is 1. The first-order valence-corrected chi connectivity index (χ1v) is 8.28. The zero-order valence-electron chi connectivity index (χ0n) is 13.0. The van der Waals surface area contributed by atoms with E-state index in [1.807, 2.05) is 0 Å². The summed E-state index contributed by atoms with van der Waals surface area (Å²) in [7, 11) is 0. The van der Waals surface area contributed by atoms with Crippen LogP contribution in [0.3, 0.4) is 0 Å². The number of nitrogens with zero attached hydrogens (tertiary/aromatic N) is 1. The molecule has 0 radical (unpaired) electrons. The highest BCUT2D eigenvalue weighted by Crippen LogP contribution is 2.18. The van der Waals surface area contributed by atoms with Gasteiger partial charge >= 0.3 is 5.97 Å². The number of carbonyl (C=O) groups excluding carboxylic acids is 1. The Hall–Kier alpha value is -1.59. The zero-order valence-corrected chi connectivity index (χ0v) is 13.8. The van der Waals surface area contributed by atoms with Crippen molar-refractivity contribution in [2.75, 3.05) is 13.2 Å². The fraction of sp³-hybridized carbons (Fsp3) is 0.529. The minimum Gasteiger partial charge on any atom is -0.480 e. The quantitative estimate of drug-likeness (QED) is 0.829. The molecule has 1 aromatic carbocycles. The number of carboxylic acids is 1. The normalized spacial score (nSPS) is 17.7. The van der Waals surface area contributed by atoms with Crippen molar-refractivity contribution in [2.45, 2.75) is 44.8 Å². The minimum absolute atomic E-state index is 0.120. The number of rotatable bonds is 7. The van der Waals surface area contributed by atoms with Crippen molar-refractivity contribution in [3.05, 3.63) is 34.9 Å². The summed E-state index contributed by atoms with van der Waals surface area (Å²) in [6.07, 6.45) is 4.26. The van der Waals surface area contributed by atoms with E-state index in [2.05, 4.69) is 0 Å². The number of hydrogen-bond donors (Lipinski definition) is 1. The van der Waals surface area contributed by atoms with E-state index in [1.165, 1.54) is 4.90 Å². The van der Waals surface area contributed by atoms with Crippen LogP contribution in [0.4, 0.5) is 0 Å². The van der Waals surface area contributed by atoms with Crippen molar-refractivity contribution >= 4 is 23.5 Å². The smallest absolute Gasteiger partial charge is 0.323 e. The molecule has 1 saturated heterocycles. The summed E-state index contributed by atoms with van der Waals surface area (Å²) in [6, 6.07) is 7.07. The summed E-state index contributed by atoms with van der Waals surface area (Å²) in [5, 5.41) is 9.64. The number of carbonyl (C=O) groups is 2. The van der Waals surface area contributed by atoms with Gasteiger partial charge in [0.05, 0.1) is 6.10 Å². The van der Waals surface area contributed by atoms with Crippen LogP contribution >= 0.6 is 11.6 Å². The van der Waals surface area contributed by atoms with Crippen LogP contribution in [-0.4, -0.2) is 41.1 Å². The Morgan fingerprint density at radius 3 is 2.61 bits per heavy atom. The van der Waals surface area contributed by atoms with Crippen LogP contribution in [0.2, 0.25) is 5.02 Å². The predicted molar refractivity (Wildman–Crippen MR) is 87.3 cm³/mol. The van der Waals surface area contributed by atoms with E-state index >= 15 is 0 Å². The molecule has 1 N–H and O–H groups in total. The van der Waals surface area contributed by atoms with Crippen LogP contribution in [0.15, 0.2) is 24.3 Å². The predicted octanol–water partition coefficient (Wildman–Crippen LogP) is 3.10. The molecule has 1 atom stereocenters. The highest BCUT2D eigenvalue weighted by Gasteiger charge is 2.20. The van der Waals surface area contributed by atoms with E-state index in [0.29, 0.717) is 17.9 Å². The molecule has 1 fully saturated rings. The third-order valence-corrected chi connectivity index (χ3v) is 4.17. The molecule has 5 nitrogen and oxygen atoms in total. The molecule has 1 aromatic rings. The largest absolute Gasteiger partial charge is 0.480 e. The Bertz CT molecular complexity index is 526. The van der Waals surface area contributed by atoms with Gasteiger partial charge in [-0.3, -0.25) is 9.59 Å². The maximum Gasteiger partial charge on any atom is 0.323 e. The maximum atomic E-state index is 12.4. The summed E-state index contributed by atoms with van der Waals surface area (Å²) in [6.45, 7) is 0.725. The van der Waals surface area contributed by atoms with E-state index in [1.54, 1.807) is 24.3 Å². The maximum absolute atomic E-state index is 12.4. The SMILES string of the molecule is O=C(O)CN(Cc1ccc(Cl)cc1)C(=O)CCC1CCCCO1. The summed E-state index contributed by atoms with van der Waals surface area (Å²) >= 11 is 5.84. The van der Waals surface area contributed by atoms with Gasteiger partial charge in [-0.2, -0.15) is 0 Å². The van der Waals surface area contributed by atoms with Crippen molar-refractivity contribution in [1.82, 2.24) is 4.90 Å². The number of halogens is 1. The van der Waals surface area contributed by atoms with Crippen LogP contribution in [0.1, 0.15) is 37.7 Å². The molecule has 0 aromatic heterocycles. The number of benzene rings is 1. The van der Waals surface area contributed by atoms with Crippen LogP contribution in [0, 0.1) is 0 Å². The second-order valence-corrected chi connectivity index (χ2v) is 6.23. The molecule has 0 spiro atoms. The first-order chi connectivity index (χ1) is 11.0. The molecule has 0 saturated carbocycles. The fourth-order valence-corrected chi connectivity index (χ4v) is 2.81. The molecule has 126 valence electrons. The topological polar surface area (TPSA) is 66.8 Å². The van der Waals surface area contributed by atoms with Crippen LogP contribution in [0.25, 0.3) is 0 Å². The average molecular weight is 340 g/mol. The molecule has 1 amide bonds. The molecule has 1 heterocycles. The van der Waals surface area contributed by atoms with E-state index in [-0.39, 0.29) is 25.1 Å². The zero-order chi connectivity index (χ0) is 16.7. The first-order valence-electron chi connectivity index (χ1n) is 7.90. The number of ether oxygens (including phenoxy) is 1. The lowest BCUT2D eigenvalue weighted by Gasteiger charge is -2.25. The Morgan fingerprint density at radius 1 is 1.26 bits per heavy atom. The molecule has 2 rings (SSSR count). The third-order valence-electron chi connectivity index (χ3n) is 3.92. The Morgan fingerprint density at radius 2 is 2.00 bits per heavy atom. The van der Waals surface area contributed by atoms with Gasteiger partial charge in [0.15, 0.2) is 0 Å². The second-order valence-electron chi connectivity index (χ2n) is 5.80. The van der Waals surface area contributed by atoms with Gasteiger partial charge in [0.2, 0.25) is 5.91 Å². The molecule has 23 heavy (non-hydrogen) atoms. The molecule has 1 aliphatic rings. The van der Waals surface area contributed by atoms with Crippen molar-refractivity contribution in [3.8, 4) is 0 Å². The standard InChI is InChI=1S/C17H22ClNO4/c18-14-6-4-13(5-7-14)11-19(12-17(21)22)16(20)9-8-15-3-1-2-10-23-15/h4-7,15H,1-3,8-12H2,(H,21,22). The van der Waals surface area contributed by atoms with Gasteiger partial charge in [0.25, 0.3) is 0 Å². The molecule has 0 bridgehead atoms. The van der Waals surface area contributed by atoms with Crippen LogP contribution < -0.4 is 0 Å². The van der Waals surface area contributed by atoms with Crippen molar-refractivity contribution < 1.29 is 19.4 Å². The Balaban J connectivity index is 1.91. The third kappa shape index (κ3) is 6.20. The number of aliphatic carboxylic acids is 1. The average Bonchev–Trinajstić information content (AvgIpc) is 2.54. The van der Waals surface area contributed by atoms with E-state index in [0.717, 1.165) is 31.4 Å². The molecular weight excluding hydrogens is 318 g/mol. The number of hydrogen-bond acceptors (Lipinski definition) is 3. The van der Waals surface area contributed by atoms with Crippen molar-refractivity contribution in [2.24, 2.45) is 0 Å². The number of carboxylic acid groups (broad SMARTS) is 1. The second kappa shape index (κ2) is 8.89. The Kier molecular flexibility index (Phi) is 6.86. The molecular formula is C17H22ClNO4. The van der Waals surface area contributed by atoms with Gasteiger partial charge in [-0.15, -0.1) is 0 Å². The lowest BCUT2D eigenvalue weighted by molar-refractivity contribution is -0.145. The van der Waals surface area contributed by atoms with Crippen molar-refractivity contribution in [1.29, 1.82) is 0 Å².